The van der Waals surface area contributed by atoms with Gasteiger partial charge in [0.15, 0.2) is 5.03 Å². The lowest BCUT2D eigenvalue weighted by molar-refractivity contribution is -0.100. The highest BCUT2D eigenvalue weighted by atomic mass is 32.2. The third-order valence-electron chi connectivity index (χ3n) is 5.94. The Labute approximate surface area is 189 Å². The second-order valence-electron chi connectivity index (χ2n) is 8.27. The standard InChI is InChI=1S/C22H23F2N5O3S/c1-13-11-29(9-7-22(13,23)24)12-16-15-4-2-3-5-17(15)28-20(19(16)21(25)30)14-6-8-27-18(10-14)33(26,31)32/h2-6,8,10,13H,7,9,11-12H2,1H3,(H2,25,30)(H2,26,31,32). The maximum atomic E-state index is 14.0. The van der Waals surface area contributed by atoms with E-state index in [-0.39, 0.29) is 42.3 Å². The fraction of sp³-hybridized carbons (Fsp3) is 0.318. The molecule has 0 bridgehead atoms. The summed E-state index contributed by atoms with van der Waals surface area (Å²) in [6, 6.07) is 9.84. The van der Waals surface area contributed by atoms with Crippen molar-refractivity contribution in [3.05, 3.63) is 53.7 Å². The first kappa shape index (κ1) is 23.1. The van der Waals surface area contributed by atoms with E-state index in [4.69, 9.17) is 10.9 Å². The Kier molecular flexibility index (Phi) is 5.89. The Morgan fingerprint density at radius 3 is 2.67 bits per heavy atom. The van der Waals surface area contributed by atoms with E-state index in [0.29, 0.717) is 22.0 Å². The molecule has 1 amide bonds. The average Bonchev–Trinajstić information content (AvgIpc) is 2.75. The van der Waals surface area contributed by atoms with Crippen LogP contribution in [-0.2, 0) is 16.6 Å². The minimum absolute atomic E-state index is 0.102. The summed E-state index contributed by atoms with van der Waals surface area (Å²) >= 11 is 0. The molecule has 1 aliphatic heterocycles. The predicted molar refractivity (Wildman–Crippen MR) is 119 cm³/mol. The van der Waals surface area contributed by atoms with E-state index >= 15 is 0 Å². The van der Waals surface area contributed by atoms with Crippen molar-refractivity contribution in [2.24, 2.45) is 16.8 Å². The van der Waals surface area contributed by atoms with Gasteiger partial charge in [-0.15, -0.1) is 0 Å². The summed E-state index contributed by atoms with van der Waals surface area (Å²) in [5, 5.41) is 5.50. The number of halogens is 2. The largest absolute Gasteiger partial charge is 0.366 e. The summed E-state index contributed by atoms with van der Waals surface area (Å²) in [4.78, 5) is 22.9. The zero-order chi connectivity index (χ0) is 24.0. The number of sulfonamides is 1. The molecule has 3 heterocycles. The van der Waals surface area contributed by atoms with Gasteiger partial charge >= 0.3 is 0 Å². The van der Waals surface area contributed by atoms with E-state index in [1.807, 2.05) is 4.90 Å². The van der Waals surface area contributed by atoms with Crippen molar-refractivity contribution in [2.75, 3.05) is 13.1 Å². The monoisotopic (exact) mass is 475 g/mol. The van der Waals surface area contributed by atoms with Crippen LogP contribution in [0.4, 0.5) is 8.78 Å². The minimum atomic E-state index is -4.09. The number of alkyl halides is 2. The number of benzene rings is 1. The van der Waals surface area contributed by atoms with Crippen LogP contribution in [0.1, 0.15) is 29.3 Å². The number of carbonyl (C=O) groups excluding carboxylic acids is 1. The van der Waals surface area contributed by atoms with Crippen LogP contribution in [0.3, 0.4) is 0 Å². The Morgan fingerprint density at radius 2 is 2.00 bits per heavy atom. The number of nitrogens with zero attached hydrogens (tertiary/aromatic N) is 3. The number of pyridine rings is 2. The average molecular weight is 476 g/mol. The molecule has 11 heteroatoms. The molecule has 1 fully saturated rings. The topological polar surface area (TPSA) is 132 Å². The Morgan fingerprint density at radius 1 is 1.27 bits per heavy atom. The molecule has 1 aromatic carbocycles. The van der Waals surface area contributed by atoms with E-state index in [2.05, 4.69) is 9.97 Å². The maximum Gasteiger partial charge on any atom is 0.255 e. The number of piperidine rings is 1. The first-order chi connectivity index (χ1) is 15.5. The van der Waals surface area contributed by atoms with Crippen molar-refractivity contribution >= 4 is 26.8 Å². The van der Waals surface area contributed by atoms with Gasteiger partial charge in [0.05, 0.1) is 16.8 Å². The van der Waals surface area contributed by atoms with Crippen LogP contribution in [0.25, 0.3) is 22.2 Å². The van der Waals surface area contributed by atoms with Gasteiger partial charge in [0.25, 0.3) is 21.9 Å². The molecule has 1 unspecified atom stereocenters. The third kappa shape index (κ3) is 4.56. The highest BCUT2D eigenvalue weighted by molar-refractivity contribution is 7.89. The summed E-state index contributed by atoms with van der Waals surface area (Å²) in [5.41, 5.74) is 7.45. The van der Waals surface area contributed by atoms with E-state index < -0.39 is 27.8 Å². The molecule has 1 aliphatic rings. The van der Waals surface area contributed by atoms with Crippen molar-refractivity contribution in [1.29, 1.82) is 0 Å². The number of primary amides is 1. The summed E-state index contributed by atoms with van der Waals surface area (Å²) in [6.45, 7) is 2.03. The van der Waals surface area contributed by atoms with Gasteiger partial charge < -0.3 is 5.73 Å². The number of carbonyl (C=O) groups is 1. The summed E-state index contributed by atoms with van der Waals surface area (Å²) in [7, 11) is -4.09. The first-order valence-corrected chi connectivity index (χ1v) is 11.8. The van der Waals surface area contributed by atoms with Crippen molar-refractivity contribution in [1.82, 2.24) is 14.9 Å². The molecule has 0 saturated carbocycles. The van der Waals surface area contributed by atoms with Crippen molar-refractivity contribution in [2.45, 2.75) is 30.8 Å². The van der Waals surface area contributed by atoms with Crippen LogP contribution in [0, 0.1) is 5.92 Å². The summed E-state index contributed by atoms with van der Waals surface area (Å²) < 4.78 is 51.6. The zero-order valence-electron chi connectivity index (χ0n) is 17.8. The number of hydrogen-bond acceptors (Lipinski definition) is 6. The molecule has 0 spiro atoms. The molecular formula is C22H23F2N5O3S. The van der Waals surface area contributed by atoms with Crippen LogP contribution in [0.15, 0.2) is 47.6 Å². The molecule has 4 N–H and O–H groups in total. The lowest BCUT2D eigenvalue weighted by Crippen LogP contribution is -2.45. The number of nitrogens with two attached hydrogens (primary N) is 2. The molecule has 8 nitrogen and oxygen atoms in total. The number of para-hydroxylation sites is 1. The van der Waals surface area contributed by atoms with Gasteiger partial charge in [-0.2, -0.15) is 0 Å². The van der Waals surface area contributed by atoms with Crippen LogP contribution in [0.5, 0.6) is 0 Å². The normalized spacial score (nSPS) is 19.0. The fourth-order valence-corrected chi connectivity index (χ4v) is 4.66. The number of rotatable bonds is 5. The van der Waals surface area contributed by atoms with E-state index in [1.165, 1.54) is 25.3 Å². The third-order valence-corrected chi connectivity index (χ3v) is 6.75. The predicted octanol–water partition coefficient (Wildman–Crippen LogP) is 2.52. The number of likely N-dealkylation sites (tertiary alicyclic amines) is 1. The van der Waals surface area contributed by atoms with Crippen LogP contribution in [-0.4, -0.2) is 48.2 Å². The van der Waals surface area contributed by atoms with Gasteiger partial charge in [-0.1, -0.05) is 25.1 Å². The van der Waals surface area contributed by atoms with E-state index in [0.717, 1.165) is 0 Å². The molecule has 0 radical (unpaired) electrons. The van der Waals surface area contributed by atoms with Crippen LogP contribution < -0.4 is 10.9 Å². The number of aromatic nitrogens is 2. The van der Waals surface area contributed by atoms with Gasteiger partial charge in [-0.05, 0) is 23.8 Å². The highest BCUT2D eigenvalue weighted by Gasteiger charge is 2.41. The summed E-state index contributed by atoms with van der Waals surface area (Å²) in [6.07, 6.45) is 0.975. The lowest BCUT2D eigenvalue weighted by Gasteiger charge is -2.37. The Balaban J connectivity index is 1.90. The molecule has 174 valence electrons. The minimum Gasteiger partial charge on any atom is -0.366 e. The first-order valence-electron chi connectivity index (χ1n) is 10.3. The quantitative estimate of drug-likeness (QED) is 0.583. The molecule has 3 aromatic rings. The number of amides is 1. The SMILES string of the molecule is CC1CN(Cc2c(C(N)=O)c(-c3ccnc(S(N)(=O)=O)c3)nc3ccccc23)CCC1(F)F. The van der Waals surface area contributed by atoms with Gasteiger partial charge in [-0.25, -0.2) is 32.3 Å². The molecule has 1 atom stereocenters. The van der Waals surface area contributed by atoms with Gasteiger partial charge in [0.1, 0.15) is 0 Å². The molecule has 4 rings (SSSR count). The molecule has 0 aliphatic carbocycles. The molecule has 2 aromatic heterocycles. The van der Waals surface area contributed by atoms with Crippen molar-refractivity contribution in [3.63, 3.8) is 0 Å². The molecule has 33 heavy (non-hydrogen) atoms. The molecule has 1 saturated heterocycles. The molecular weight excluding hydrogens is 452 g/mol. The summed E-state index contributed by atoms with van der Waals surface area (Å²) in [5.74, 6) is -4.34. The highest BCUT2D eigenvalue weighted by Crippen LogP contribution is 2.36. The van der Waals surface area contributed by atoms with Gasteiger partial charge in [-0.3, -0.25) is 9.69 Å². The second kappa shape index (κ2) is 8.40. The Bertz CT molecular complexity index is 1350. The van der Waals surface area contributed by atoms with Crippen LogP contribution >= 0.6 is 0 Å². The smallest absolute Gasteiger partial charge is 0.255 e. The van der Waals surface area contributed by atoms with E-state index in [1.54, 1.807) is 24.3 Å². The number of primary sulfonamides is 1. The second-order valence-corrected chi connectivity index (χ2v) is 9.78. The van der Waals surface area contributed by atoms with Gasteiger partial charge in [0.2, 0.25) is 0 Å². The van der Waals surface area contributed by atoms with E-state index in [9.17, 15) is 22.0 Å². The van der Waals surface area contributed by atoms with Gasteiger partial charge in [0, 0.05) is 49.1 Å². The zero-order valence-corrected chi connectivity index (χ0v) is 18.6. The lowest BCUT2D eigenvalue weighted by atomic mass is 9.92. The Hall–Kier alpha value is -3.02. The number of hydrogen-bond donors (Lipinski definition) is 2. The maximum absolute atomic E-state index is 14.0. The van der Waals surface area contributed by atoms with Crippen LogP contribution in [0.2, 0.25) is 0 Å². The number of fused-ring (bicyclic) bond motifs is 1. The van der Waals surface area contributed by atoms with Crippen molar-refractivity contribution < 1.29 is 22.0 Å². The van der Waals surface area contributed by atoms with Crippen molar-refractivity contribution in [3.8, 4) is 11.3 Å². The fourth-order valence-electron chi connectivity index (χ4n) is 4.16.